The van der Waals surface area contributed by atoms with E-state index in [2.05, 4.69) is 16.3 Å². The normalized spacial score (nSPS) is 21.1. The molecular weight excluding hydrogens is 417 g/mol. The lowest BCUT2D eigenvalue weighted by Crippen LogP contribution is -2.43. The Balaban J connectivity index is 0.000000423. The van der Waals surface area contributed by atoms with Crippen molar-refractivity contribution in [2.24, 2.45) is 5.92 Å². The van der Waals surface area contributed by atoms with Crippen LogP contribution in [-0.4, -0.2) is 59.4 Å². The number of hydrogen-bond donors (Lipinski definition) is 2. The van der Waals surface area contributed by atoms with Crippen LogP contribution in [0.2, 0.25) is 0 Å². The molecule has 3 rings (SSSR count). The number of carbonyl (C=O) groups excluding carboxylic acids is 1. The lowest BCUT2D eigenvalue weighted by Gasteiger charge is -2.38. The predicted octanol–water partition coefficient (Wildman–Crippen LogP) is 3.51. The van der Waals surface area contributed by atoms with Gasteiger partial charge in [0.25, 0.3) is 0 Å². The van der Waals surface area contributed by atoms with E-state index in [1.807, 2.05) is 26.8 Å². The minimum Gasteiger partial charge on any atom is -0.475 e. The molecule has 1 aromatic rings. The van der Waals surface area contributed by atoms with E-state index in [9.17, 15) is 18.0 Å². The van der Waals surface area contributed by atoms with Crippen LogP contribution in [0.5, 0.6) is 0 Å². The highest BCUT2D eigenvalue weighted by molar-refractivity contribution is 5.76. The molecule has 10 heteroatoms. The third-order valence-electron chi connectivity index (χ3n) is 5.39. The van der Waals surface area contributed by atoms with Crippen LogP contribution in [0.25, 0.3) is 0 Å². The van der Waals surface area contributed by atoms with Crippen molar-refractivity contribution in [3.05, 3.63) is 23.7 Å². The Bertz CT molecular complexity index is 740. The van der Waals surface area contributed by atoms with E-state index in [0.29, 0.717) is 12.3 Å². The molecule has 1 aromatic heterocycles. The third-order valence-corrected chi connectivity index (χ3v) is 5.39. The molecule has 0 bridgehead atoms. The molecule has 0 aromatic carbocycles. The summed E-state index contributed by atoms with van der Waals surface area (Å²) in [6, 6.07) is 4.30. The van der Waals surface area contributed by atoms with Crippen molar-refractivity contribution in [3.63, 3.8) is 0 Å². The van der Waals surface area contributed by atoms with Gasteiger partial charge in [0.2, 0.25) is 5.91 Å². The van der Waals surface area contributed by atoms with Crippen LogP contribution in [0.3, 0.4) is 0 Å². The van der Waals surface area contributed by atoms with Gasteiger partial charge in [0, 0.05) is 25.6 Å². The summed E-state index contributed by atoms with van der Waals surface area (Å²) >= 11 is 0. The van der Waals surface area contributed by atoms with Gasteiger partial charge >= 0.3 is 12.1 Å². The Labute approximate surface area is 179 Å². The second-order valence-corrected chi connectivity index (χ2v) is 8.58. The first-order valence-corrected chi connectivity index (χ1v) is 10.4. The number of alkyl halides is 3. The molecule has 7 nitrogen and oxygen atoms in total. The fourth-order valence-electron chi connectivity index (χ4n) is 3.97. The van der Waals surface area contributed by atoms with Crippen molar-refractivity contribution in [3.8, 4) is 0 Å². The van der Waals surface area contributed by atoms with E-state index in [1.54, 1.807) is 0 Å². The van der Waals surface area contributed by atoms with Crippen molar-refractivity contribution in [2.75, 3.05) is 19.7 Å². The number of piperidine rings is 1. The molecule has 31 heavy (non-hydrogen) atoms. The van der Waals surface area contributed by atoms with Gasteiger partial charge in [-0.3, -0.25) is 9.69 Å². The summed E-state index contributed by atoms with van der Waals surface area (Å²) in [5.74, 6) is -0.226. The van der Waals surface area contributed by atoms with Crippen LogP contribution in [0.4, 0.5) is 13.2 Å². The van der Waals surface area contributed by atoms with Crippen LogP contribution in [0.15, 0.2) is 16.5 Å². The highest BCUT2D eigenvalue weighted by Crippen LogP contribution is 2.40. The first kappa shape index (κ1) is 25.2. The van der Waals surface area contributed by atoms with E-state index in [-0.39, 0.29) is 17.6 Å². The van der Waals surface area contributed by atoms with Gasteiger partial charge in [-0.15, -0.1) is 0 Å². The van der Waals surface area contributed by atoms with Crippen molar-refractivity contribution < 1.29 is 37.0 Å². The van der Waals surface area contributed by atoms with E-state index in [4.69, 9.17) is 19.1 Å². The van der Waals surface area contributed by atoms with Gasteiger partial charge in [0.15, 0.2) is 0 Å². The molecule has 176 valence electrons. The number of carboxylic acid groups (broad SMARTS) is 1. The molecule has 0 aliphatic carbocycles. The predicted molar refractivity (Wildman–Crippen MR) is 106 cm³/mol. The molecule has 1 amide bonds. The summed E-state index contributed by atoms with van der Waals surface area (Å²) in [6.07, 6.45) is -1.37. The first-order chi connectivity index (χ1) is 14.4. The van der Waals surface area contributed by atoms with E-state index >= 15 is 0 Å². The van der Waals surface area contributed by atoms with Crippen LogP contribution >= 0.6 is 0 Å². The zero-order valence-electron chi connectivity index (χ0n) is 18.1. The zero-order chi connectivity index (χ0) is 23.2. The van der Waals surface area contributed by atoms with E-state index in [1.165, 1.54) is 0 Å². The number of rotatable bonds is 5. The molecule has 2 saturated heterocycles. The number of carboxylic acids is 1. The average Bonchev–Trinajstić information content (AvgIpc) is 3.22. The fraction of sp³-hybridized carbons (Fsp3) is 0.714. The van der Waals surface area contributed by atoms with E-state index in [0.717, 1.165) is 57.0 Å². The van der Waals surface area contributed by atoms with Crippen LogP contribution in [0, 0.1) is 12.8 Å². The number of amides is 1. The summed E-state index contributed by atoms with van der Waals surface area (Å²) in [4.78, 5) is 23.3. The lowest BCUT2D eigenvalue weighted by molar-refractivity contribution is -0.192. The van der Waals surface area contributed by atoms with Gasteiger partial charge in [-0.05, 0) is 58.1 Å². The number of aryl methyl sites for hydroxylation is 1. The maximum Gasteiger partial charge on any atom is 0.490 e. The summed E-state index contributed by atoms with van der Waals surface area (Å²) in [6.45, 7) is 9.65. The molecule has 1 spiro atoms. The fourth-order valence-corrected chi connectivity index (χ4v) is 3.97. The molecule has 2 N–H and O–H groups in total. The highest BCUT2D eigenvalue weighted by atomic mass is 19.4. The summed E-state index contributed by atoms with van der Waals surface area (Å²) in [7, 11) is 0. The minimum absolute atomic E-state index is 0.00163. The van der Waals surface area contributed by atoms with Crippen molar-refractivity contribution >= 4 is 11.9 Å². The first-order valence-electron chi connectivity index (χ1n) is 10.4. The minimum atomic E-state index is -5.08. The standard InChI is InChI=1S/C19H30N2O3.C2HF3O2/c1-14(2)20-18(22)10-16-11-19(23-13-16)6-8-21(9-7-19)12-17-5-4-15(3)24-17;3-2(4,5)1(6)7/h4-5,14,16H,6-13H2,1-3H3,(H,20,22);(H,6,7). The molecule has 0 radical (unpaired) electrons. The zero-order valence-corrected chi connectivity index (χ0v) is 18.1. The molecule has 2 aliphatic heterocycles. The van der Waals surface area contributed by atoms with Gasteiger partial charge in [-0.25, -0.2) is 4.79 Å². The Morgan fingerprint density at radius 2 is 1.90 bits per heavy atom. The van der Waals surface area contributed by atoms with Crippen molar-refractivity contribution in [1.29, 1.82) is 0 Å². The van der Waals surface area contributed by atoms with Gasteiger partial charge < -0.3 is 19.6 Å². The summed E-state index contributed by atoms with van der Waals surface area (Å²) in [5, 5.41) is 10.1. The topological polar surface area (TPSA) is 92.0 Å². The van der Waals surface area contributed by atoms with Crippen LogP contribution < -0.4 is 5.32 Å². The number of ether oxygens (including phenoxy) is 1. The number of hydrogen-bond acceptors (Lipinski definition) is 5. The number of nitrogens with one attached hydrogen (secondary N) is 1. The molecule has 3 heterocycles. The molecule has 1 unspecified atom stereocenters. The third kappa shape index (κ3) is 8.17. The number of carbonyl (C=O) groups is 2. The number of furan rings is 1. The Hall–Kier alpha value is -2.07. The number of halogens is 3. The number of nitrogens with zero attached hydrogens (tertiary/aromatic N) is 1. The second-order valence-electron chi connectivity index (χ2n) is 8.58. The average molecular weight is 448 g/mol. The Kier molecular flexibility index (Phi) is 8.53. The van der Waals surface area contributed by atoms with Gasteiger partial charge in [-0.2, -0.15) is 13.2 Å². The Morgan fingerprint density at radius 1 is 1.29 bits per heavy atom. The highest BCUT2D eigenvalue weighted by Gasteiger charge is 2.43. The molecule has 1 atom stereocenters. The maximum absolute atomic E-state index is 12.0. The molecular formula is C21H31F3N2O5. The number of likely N-dealkylation sites (tertiary alicyclic amines) is 1. The molecule has 0 saturated carbocycles. The molecule has 2 fully saturated rings. The summed E-state index contributed by atoms with van der Waals surface area (Å²) in [5.41, 5.74) is -0.00163. The van der Waals surface area contributed by atoms with E-state index < -0.39 is 12.1 Å². The summed E-state index contributed by atoms with van der Waals surface area (Å²) < 4.78 is 43.6. The monoisotopic (exact) mass is 448 g/mol. The SMILES string of the molecule is Cc1ccc(CN2CCC3(CC2)CC(CC(=O)NC(C)C)CO3)o1.O=C(O)C(F)(F)F. The lowest BCUT2D eigenvalue weighted by atomic mass is 9.84. The smallest absolute Gasteiger partial charge is 0.475 e. The van der Waals surface area contributed by atoms with Gasteiger partial charge in [0.05, 0.1) is 18.8 Å². The van der Waals surface area contributed by atoms with Crippen LogP contribution in [0.1, 0.15) is 51.1 Å². The van der Waals surface area contributed by atoms with Gasteiger partial charge in [0.1, 0.15) is 11.5 Å². The molecule has 2 aliphatic rings. The van der Waals surface area contributed by atoms with Crippen molar-refractivity contribution in [2.45, 2.75) is 70.8 Å². The largest absolute Gasteiger partial charge is 0.490 e. The maximum atomic E-state index is 12.0. The van der Waals surface area contributed by atoms with Gasteiger partial charge in [-0.1, -0.05) is 0 Å². The quantitative estimate of drug-likeness (QED) is 0.716. The second kappa shape index (κ2) is 10.5. The van der Waals surface area contributed by atoms with Crippen LogP contribution in [-0.2, 0) is 20.9 Å². The number of aliphatic carboxylic acids is 1. The Morgan fingerprint density at radius 3 is 2.39 bits per heavy atom. The van der Waals surface area contributed by atoms with Crippen molar-refractivity contribution in [1.82, 2.24) is 10.2 Å².